The predicted molar refractivity (Wildman–Crippen MR) is 117 cm³/mol. The monoisotopic (exact) mass is 440 g/mol. The minimum absolute atomic E-state index is 0.233. The summed E-state index contributed by atoms with van der Waals surface area (Å²) in [5, 5.41) is 0. The van der Waals surface area contributed by atoms with E-state index in [4.69, 9.17) is 0 Å². The van der Waals surface area contributed by atoms with E-state index in [1.807, 2.05) is 0 Å². The largest absolute Gasteiger partial charge is 0.573 e. The van der Waals surface area contributed by atoms with Crippen molar-refractivity contribution in [2.24, 2.45) is 17.8 Å². The Labute approximate surface area is 184 Å². The van der Waals surface area contributed by atoms with Crippen LogP contribution in [0.15, 0.2) is 30.9 Å². The van der Waals surface area contributed by atoms with Gasteiger partial charge in [0.2, 0.25) is 0 Å². The first-order valence-electron chi connectivity index (χ1n) is 12.0. The molecule has 31 heavy (non-hydrogen) atoms. The maximum Gasteiger partial charge on any atom is 0.573 e. The second-order valence-corrected chi connectivity index (χ2v) is 9.65. The van der Waals surface area contributed by atoms with E-state index >= 15 is 0 Å². The summed E-state index contributed by atoms with van der Waals surface area (Å²) in [6.45, 7) is 3.86. The molecule has 3 rings (SSSR count). The lowest BCUT2D eigenvalue weighted by atomic mass is 9.76. The van der Waals surface area contributed by atoms with Crippen LogP contribution in [0, 0.1) is 23.6 Å². The lowest BCUT2D eigenvalue weighted by molar-refractivity contribution is -0.275. The van der Waals surface area contributed by atoms with Gasteiger partial charge in [0.1, 0.15) is 0 Å². The standard InChI is InChI=1S/C26H36F4O/c1-2-5-19-8-10-20(11-9-19)6-3-4-7-21-12-14-22(15-13-21)23-16-17-25(24(27)18-23)31-26(28,29)30/h2,16-22H,1,3-15H2. The molecule has 2 saturated carbocycles. The Morgan fingerprint density at radius 3 is 1.94 bits per heavy atom. The fraction of sp³-hybridized carbons (Fsp3) is 0.692. The van der Waals surface area contributed by atoms with E-state index in [0.29, 0.717) is 0 Å². The van der Waals surface area contributed by atoms with Crippen LogP contribution >= 0.6 is 0 Å². The number of halogens is 4. The summed E-state index contributed by atoms with van der Waals surface area (Å²) in [5.41, 5.74) is 0.789. The highest BCUT2D eigenvalue weighted by atomic mass is 19.4. The molecule has 2 fully saturated rings. The van der Waals surface area contributed by atoms with Crippen LogP contribution in [0.25, 0.3) is 0 Å². The zero-order chi connectivity index (χ0) is 22.3. The molecule has 0 spiro atoms. The van der Waals surface area contributed by atoms with Gasteiger partial charge in [0.25, 0.3) is 0 Å². The minimum Gasteiger partial charge on any atom is -0.403 e. The van der Waals surface area contributed by atoms with Crippen molar-refractivity contribution in [1.82, 2.24) is 0 Å². The molecular weight excluding hydrogens is 404 g/mol. The molecule has 5 heteroatoms. The summed E-state index contributed by atoms with van der Waals surface area (Å²) in [6.07, 6.45) is 13.3. The van der Waals surface area contributed by atoms with Crippen molar-refractivity contribution in [1.29, 1.82) is 0 Å². The number of unbranched alkanes of at least 4 members (excludes halogenated alkanes) is 1. The van der Waals surface area contributed by atoms with Crippen LogP contribution in [0.5, 0.6) is 5.75 Å². The molecule has 2 aliphatic rings. The molecule has 0 unspecified atom stereocenters. The van der Waals surface area contributed by atoms with Gasteiger partial charge in [-0.05, 0) is 86.3 Å². The van der Waals surface area contributed by atoms with Crippen LogP contribution in [-0.2, 0) is 0 Å². The summed E-state index contributed by atoms with van der Waals surface area (Å²) in [4.78, 5) is 0. The molecule has 2 aliphatic carbocycles. The Hall–Kier alpha value is -1.52. The van der Waals surface area contributed by atoms with Crippen molar-refractivity contribution >= 4 is 0 Å². The maximum absolute atomic E-state index is 14.0. The van der Waals surface area contributed by atoms with E-state index in [2.05, 4.69) is 17.4 Å². The second kappa shape index (κ2) is 11.4. The van der Waals surface area contributed by atoms with Crippen LogP contribution in [0.1, 0.15) is 95.0 Å². The van der Waals surface area contributed by atoms with E-state index in [9.17, 15) is 17.6 Å². The highest BCUT2D eigenvalue weighted by molar-refractivity contribution is 5.31. The van der Waals surface area contributed by atoms with Gasteiger partial charge in [-0.3, -0.25) is 0 Å². The van der Waals surface area contributed by atoms with Gasteiger partial charge in [-0.25, -0.2) is 4.39 Å². The van der Waals surface area contributed by atoms with E-state index in [1.165, 1.54) is 63.9 Å². The zero-order valence-electron chi connectivity index (χ0n) is 18.4. The maximum atomic E-state index is 14.0. The predicted octanol–water partition coefficient (Wildman–Crippen LogP) is 8.94. The Morgan fingerprint density at radius 1 is 0.871 bits per heavy atom. The first kappa shape index (κ1) is 24.1. The van der Waals surface area contributed by atoms with E-state index < -0.39 is 17.9 Å². The summed E-state index contributed by atoms with van der Waals surface area (Å²) >= 11 is 0. The topological polar surface area (TPSA) is 9.23 Å². The van der Waals surface area contributed by atoms with Gasteiger partial charge in [-0.2, -0.15) is 0 Å². The molecule has 0 N–H and O–H groups in total. The Morgan fingerprint density at radius 2 is 1.42 bits per heavy atom. The van der Waals surface area contributed by atoms with Crippen LogP contribution in [0.3, 0.4) is 0 Å². The Kier molecular flexibility index (Phi) is 8.85. The first-order valence-corrected chi connectivity index (χ1v) is 12.0. The third kappa shape index (κ3) is 7.84. The van der Waals surface area contributed by atoms with Crippen molar-refractivity contribution in [3.05, 3.63) is 42.2 Å². The quantitative estimate of drug-likeness (QED) is 0.211. The lowest BCUT2D eigenvalue weighted by Gasteiger charge is -2.30. The van der Waals surface area contributed by atoms with Crippen LogP contribution < -0.4 is 4.74 Å². The van der Waals surface area contributed by atoms with Gasteiger partial charge in [0.05, 0.1) is 0 Å². The fourth-order valence-corrected chi connectivity index (χ4v) is 5.62. The van der Waals surface area contributed by atoms with E-state index in [-0.39, 0.29) is 5.92 Å². The smallest absolute Gasteiger partial charge is 0.403 e. The summed E-state index contributed by atoms with van der Waals surface area (Å²) < 4.78 is 54.6. The molecule has 174 valence electrons. The van der Waals surface area contributed by atoms with Crippen molar-refractivity contribution in [2.45, 2.75) is 95.8 Å². The minimum atomic E-state index is -4.87. The third-order valence-electron chi connectivity index (χ3n) is 7.44. The SMILES string of the molecule is C=CCC1CCC(CCCCC2CCC(c3ccc(OC(F)(F)F)c(F)c3)CC2)CC1. The normalized spacial score (nSPS) is 27.1. The van der Waals surface area contributed by atoms with E-state index in [0.717, 1.165) is 55.1 Å². The van der Waals surface area contributed by atoms with Crippen molar-refractivity contribution < 1.29 is 22.3 Å². The highest BCUT2D eigenvalue weighted by Crippen LogP contribution is 2.40. The molecule has 1 aromatic rings. The van der Waals surface area contributed by atoms with Gasteiger partial charge in [0.15, 0.2) is 11.6 Å². The first-order chi connectivity index (χ1) is 14.8. The van der Waals surface area contributed by atoms with Crippen molar-refractivity contribution in [2.75, 3.05) is 0 Å². The van der Waals surface area contributed by atoms with Crippen molar-refractivity contribution in [3.8, 4) is 5.75 Å². The molecule has 1 nitrogen and oxygen atoms in total. The Balaban J connectivity index is 1.33. The molecule has 0 saturated heterocycles. The third-order valence-corrected chi connectivity index (χ3v) is 7.44. The Bertz CT molecular complexity index is 683. The number of hydrogen-bond donors (Lipinski definition) is 0. The summed E-state index contributed by atoms with van der Waals surface area (Å²) in [5.74, 6) is 1.06. The molecule has 0 aromatic heterocycles. The number of rotatable bonds is 9. The van der Waals surface area contributed by atoms with Gasteiger partial charge in [0, 0.05) is 0 Å². The molecule has 0 bridgehead atoms. The average Bonchev–Trinajstić information content (AvgIpc) is 2.74. The van der Waals surface area contributed by atoms with Gasteiger partial charge >= 0.3 is 6.36 Å². The number of allylic oxidation sites excluding steroid dienone is 1. The number of benzene rings is 1. The van der Waals surface area contributed by atoms with Crippen LogP contribution in [0.2, 0.25) is 0 Å². The van der Waals surface area contributed by atoms with Gasteiger partial charge in [-0.1, -0.05) is 50.7 Å². The second-order valence-electron chi connectivity index (χ2n) is 9.65. The number of hydrogen-bond acceptors (Lipinski definition) is 1. The molecule has 0 radical (unpaired) electrons. The summed E-state index contributed by atoms with van der Waals surface area (Å²) in [7, 11) is 0. The van der Waals surface area contributed by atoms with Crippen LogP contribution in [-0.4, -0.2) is 6.36 Å². The van der Waals surface area contributed by atoms with Gasteiger partial charge in [-0.15, -0.1) is 19.8 Å². The fourth-order valence-electron chi connectivity index (χ4n) is 5.62. The molecule has 0 aliphatic heterocycles. The van der Waals surface area contributed by atoms with Gasteiger partial charge < -0.3 is 4.74 Å². The highest BCUT2D eigenvalue weighted by Gasteiger charge is 2.32. The van der Waals surface area contributed by atoms with Crippen LogP contribution in [0.4, 0.5) is 17.6 Å². The summed E-state index contributed by atoms with van der Waals surface area (Å²) in [6, 6.07) is 3.91. The molecular formula is C26H36F4O. The average molecular weight is 441 g/mol. The lowest BCUT2D eigenvalue weighted by Crippen LogP contribution is -2.18. The van der Waals surface area contributed by atoms with Crippen molar-refractivity contribution in [3.63, 3.8) is 0 Å². The molecule has 1 aromatic carbocycles. The molecule has 0 amide bonds. The molecule has 0 heterocycles. The zero-order valence-corrected chi connectivity index (χ0v) is 18.4. The van der Waals surface area contributed by atoms with E-state index in [1.54, 1.807) is 6.07 Å². The molecule has 0 atom stereocenters. The number of alkyl halides is 3. The number of ether oxygens (including phenoxy) is 1.